The summed E-state index contributed by atoms with van der Waals surface area (Å²) in [5.74, 6) is 0. The van der Waals surface area contributed by atoms with Crippen LogP contribution >= 0.6 is 22.7 Å². The zero-order chi connectivity index (χ0) is 14.7. The number of thiophene rings is 1. The Kier molecular flexibility index (Phi) is 4.48. The van der Waals surface area contributed by atoms with Gasteiger partial charge in [0, 0.05) is 33.8 Å². The van der Waals surface area contributed by atoms with Crippen molar-refractivity contribution in [2.75, 3.05) is 0 Å². The fourth-order valence-corrected chi connectivity index (χ4v) is 3.96. The van der Waals surface area contributed by atoms with Crippen molar-refractivity contribution < 1.29 is 0 Å². The molecule has 0 atom stereocenters. The van der Waals surface area contributed by atoms with E-state index in [1.165, 1.54) is 20.9 Å². The highest BCUT2D eigenvalue weighted by Gasteiger charge is 2.05. The van der Waals surface area contributed by atoms with Gasteiger partial charge in [-0.1, -0.05) is 30.3 Å². The van der Waals surface area contributed by atoms with Crippen LogP contribution < -0.4 is 5.32 Å². The Labute approximate surface area is 133 Å². The van der Waals surface area contributed by atoms with Crippen molar-refractivity contribution in [1.82, 2.24) is 10.3 Å². The van der Waals surface area contributed by atoms with Crippen molar-refractivity contribution in [3.8, 4) is 11.3 Å². The average molecular weight is 314 g/mol. The number of hydrogen-bond donors (Lipinski definition) is 1. The minimum atomic E-state index is 0.827. The van der Waals surface area contributed by atoms with Gasteiger partial charge in [-0.2, -0.15) is 0 Å². The molecule has 3 aromatic rings. The highest BCUT2D eigenvalue weighted by Crippen LogP contribution is 2.22. The molecule has 0 bridgehead atoms. The summed E-state index contributed by atoms with van der Waals surface area (Å²) in [5, 5.41) is 6.75. The van der Waals surface area contributed by atoms with Crippen molar-refractivity contribution >= 4 is 22.7 Å². The maximum absolute atomic E-state index is 4.69. The standard InChI is InChI=1S/C17H18N2S2/c1-12-8-15(21-13(12)2)9-18-10-17-19-16(11-20-17)14-6-4-3-5-7-14/h3-8,11,18H,9-10H2,1-2H3. The smallest absolute Gasteiger partial charge is 0.107 e. The first-order valence-electron chi connectivity index (χ1n) is 6.99. The van der Waals surface area contributed by atoms with Crippen molar-refractivity contribution in [3.63, 3.8) is 0 Å². The first-order valence-corrected chi connectivity index (χ1v) is 8.68. The lowest BCUT2D eigenvalue weighted by atomic mass is 10.2. The van der Waals surface area contributed by atoms with Crippen LogP contribution in [0.1, 0.15) is 20.3 Å². The Morgan fingerprint density at radius 2 is 1.90 bits per heavy atom. The van der Waals surface area contributed by atoms with E-state index in [0.29, 0.717) is 0 Å². The SMILES string of the molecule is Cc1cc(CNCc2nc(-c3ccccc3)cs2)sc1C. The zero-order valence-electron chi connectivity index (χ0n) is 12.2. The zero-order valence-corrected chi connectivity index (χ0v) is 13.9. The molecule has 0 fully saturated rings. The van der Waals surface area contributed by atoms with Crippen LogP contribution in [0.3, 0.4) is 0 Å². The largest absolute Gasteiger partial charge is 0.306 e. The van der Waals surface area contributed by atoms with Crippen LogP contribution in [-0.2, 0) is 13.1 Å². The van der Waals surface area contributed by atoms with E-state index in [1.807, 2.05) is 29.5 Å². The van der Waals surface area contributed by atoms with Crippen molar-refractivity contribution in [2.24, 2.45) is 0 Å². The summed E-state index contributed by atoms with van der Waals surface area (Å²) in [7, 11) is 0. The van der Waals surface area contributed by atoms with E-state index in [2.05, 4.69) is 42.7 Å². The number of hydrogen-bond acceptors (Lipinski definition) is 4. The van der Waals surface area contributed by atoms with E-state index in [0.717, 1.165) is 23.8 Å². The Morgan fingerprint density at radius 3 is 2.62 bits per heavy atom. The minimum Gasteiger partial charge on any atom is -0.306 e. The van der Waals surface area contributed by atoms with Crippen LogP contribution in [0.5, 0.6) is 0 Å². The molecule has 2 nitrogen and oxygen atoms in total. The molecule has 108 valence electrons. The normalized spacial score (nSPS) is 11.0. The predicted octanol–water partition coefficient (Wildman–Crippen LogP) is 4.78. The van der Waals surface area contributed by atoms with E-state index >= 15 is 0 Å². The Hall–Kier alpha value is -1.49. The molecule has 2 heterocycles. The molecule has 0 aliphatic carbocycles. The van der Waals surface area contributed by atoms with Crippen LogP contribution in [0.15, 0.2) is 41.8 Å². The lowest BCUT2D eigenvalue weighted by molar-refractivity contribution is 0.697. The van der Waals surface area contributed by atoms with Crippen LogP contribution in [-0.4, -0.2) is 4.98 Å². The van der Waals surface area contributed by atoms with E-state index in [9.17, 15) is 0 Å². The first-order chi connectivity index (χ1) is 10.2. The van der Waals surface area contributed by atoms with E-state index in [-0.39, 0.29) is 0 Å². The number of rotatable bonds is 5. The molecule has 0 spiro atoms. The Bertz CT molecular complexity index is 694. The highest BCUT2D eigenvalue weighted by molar-refractivity contribution is 7.12. The van der Waals surface area contributed by atoms with Gasteiger partial charge in [-0.15, -0.1) is 22.7 Å². The topological polar surface area (TPSA) is 24.9 Å². The summed E-state index contributed by atoms with van der Waals surface area (Å²) in [6.07, 6.45) is 0. The van der Waals surface area contributed by atoms with Gasteiger partial charge in [0.2, 0.25) is 0 Å². The van der Waals surface area contributed by atoms with Crippen molar-refractivity contribution in [2.45, 2.75) is 26.9 Å². The molecule has 3 rings (SSSR count). The molecule has 0 aliphatic heterocycles. The summed E-state index contributed by atoms with van der Waals surface area (Å²) in [4.78, 5) is 7.50. The van der Waals surface area contributed by atoms with Crippen LogP contribution in [0.25, 0.3) is 11.3 Å². The third-order valence-corrected chi connectivity index (χ3v) is 5.42. The molecule has 0 unspecified atom stereocenters. The van der Waals surface area contributed by atoms with Crippen molar-refractivity contribution in [1.29, 1.82) is 0 Å². The maximum Gasteiger partial charge on any atom is 0.107 e. The number of aryl methyl sites for hydroxylation is 2. The number of nitrogens with zero attached hydrogens (tertiary/aromatic N) is 1. The summed E-state index contributed by atoms with van der Waals surface area (Å²) in [5.41, 5.74) is 3.64. The van der Waals surface area contributed by atoms with E-state index in [1.54, 1.807) is 11.3 Å². The molecular weight excluding hydrogens is 296 g/mol. The molecule has 4 heteroatoms. The molecule has 0 saturated heterocycles. The highest BCUT2D eigenvalue weighted by atomic mass is 32.1. The monoisotopic (exact) mass is 314 g/mol. The average Bonchev–Trinajstić information content (AvgIpc) is 3.08. The number of aromatic nitrogens is 1. The summed E-state index contributed by atoms with van der Waals surface area (Å²) in [6.45, 7) is 6.09. The first kappa shape index (κ1) is 14.4. The molecule has 2 aromatic heterocycles. The van der Waals surface area contributed by atoms with Gasteiger partial charge in [-0.3, -0.25) is 0 Å². The Morgan fingerprint density at radius 1 is 1.10 bits per heavy atom. The van der Waals surface area contributed by atoms with Gasteiger partial charge in [-0.05, 0) is 25.5 Å². The van der Waals surface area contributed by atoms with Gasteiger partial charge in [0.25, 0.3) is 0 Å². The molecule has 21 heavy (non-hydrogen) atoms. The molecule has 1 N–H and O–H groups in total. The minimum absolute atomic E-state index is 0.827. The summed E-state index contributed by atoms with van der Waals surface area (Å²) < 4.78 is 0. The lowest BCUT2D eigenvalue weighted by Gasteiger charge is -1.99. The second kappa shape index (κ2) is 6.52. The van der Waals surface area contributed by atoms with Gasteiger partial charge in [0.15, 0.2) is 0 Å². The molecule has 0 radical (unpaired) electrons. The fraction of sp³-hybridized carbons (Fsp3) is 0.235. The van der Waals surface area contributed by atoms with Gasteiger partial charge < -0.3 is 5.32 Å². The second-order valence-corrected chi connectivity index (χ2v) is 7.33. The lowest BCUT2D eigenvalue weighted by Crippen LogP contribution is -2.11. The molecule has 0 aliphatic rings. The summed E-state index contributed by atoms with van der Waals surface area (Å²) in [6, 6.07) is 12.6. The second-order valence-electron chi connectivity index (χ2n) is 5.05. The number of thiazole rings is 1. The predicted molar refractivity (Wildman–Crippen MR) is 91.9 cm³/mol. The van der Waals surface area contributed by atoms with Crippen LogP contribution in [0.2, 0.25) is 0 Å². The third-order valence-electron chi connectivity index (χ3n) is 3.41. The van der Waals surface area contributed by atoms with Crippen LogP contribution in [0.4, 0.5) is 0 Å². The number of nitrogens with one attached hydrogen (secondary N) is 1. The fourth-order valence-electron chi connectivity index (χ4n) is 2.16. The third kappa shape index (κ3) is 3.59. The van der Waals surface area contributed by atoms with Gasteiger partial charge >= 0.3 is 0 Å². The van der Waals surface area contributed by atoms with Gasteiger partial charge in [0.1, 0.15) is 5.01 Å². The van der Waals surface area contributed by atoms with E-state index < -0.39 is 0 Å². The molecule has 0 amide bonds. The van der Waals surface area contributed by atoms with E-state index in [4.69, 9.17) is 4.98 Å². The Balaban J connectivity index is 1.58. The quantitative estimate of drug-likeness (QED) is 0.733. The molecule has 1 aromatic carbocycles. The molecule has 0 saturated carbocycles. The van der Waals surface area contributed by atoms with Crippen LogP contribution in [0, 0.1) is 13.8 Å². The summed E-state index contributed by atoms with van der Waals surface area (Å²) >= 11 is 3.59. The maximum atomic E-state index is 4.69. The number of benzene rings is 1. The van der Waals surface area contributed by atoms with Gasteiger partial charge in [0.05, 0.1) is 5.69 Å². The van der Waals surface area contributed by atoms with Crippen molar-refractivity contribution in [3.05, 3.63) is 62.1 Å². The van der Waals surface area contributed by atoms with Gasteiger partial charge in [-0.25, -0.2) is 4.98 Å². The molecular formula is C17H18N2S2.